The zero-order valence-electron chi connectivity index (χ0n) is 9.72. The van der Waals surface area contributed by atoms with Gasteiger partial charge in [0.05, 0.1) is 22.5 Å². The summed E-state index contributed by atoms with van der Waals surface area (Å²) in [5.41, 5.74) is 1.59. The number of nitrogens with one attached hydrogen (secondary N) is 1. The normalized spacial score (nSPS) is 10.8. The molecule has 3 rings (SSSR count). The second kappa shape index (κ2) is 4.20. The van der Waals surface area contributed by atoms with E-state index < -0.39 is 5.97 Å². The molecule has 0 radical (unpaired) electrons. The molecule has 4 nitrogen and oxygen atoms in total. The third-order valence-corrected chi connectivity index (χ3v) is 2.89. The van der Waals surface area contributed by atoms with E-state index in [9.17, 15) is 9.18 Å². The molecule has 0 spiro atoms. The molecular formula is C14H9FN2O2. The van der Waals surface area contributed by atoms with Gasteiger partial charge in [-0.1, -0.05) is 12.1 Å². The molecule has 5 heteroatoms. The van der Waals surface area contributed by atoms with E-state index >= 15 is 0 Å². The number of para-hydroxylation sites is 1. The molecule has 2 heterocycles. The van der Waals surface area contributed by atoms with Gasteiger partial charge in [0.25, 0.3) is 0 Å². The first-order chi connectivity index (χ1) is 9.15. The molecule has 2 N–H and O–H groups in total. The summed E-state index contributed by atoms with van der Waals surface area (Å²) in [6, 6.07) is 9.37. The van der Waals surface area contributed by atoms with E-state index in [1.165, 1.54) is 24.4 Å². The quantitative estimate of drug-likeness (QED) is 0.740. The predicted octanol–water partition coefficient (Wildman–Crippen LogP) is 3.07. The van der Waals surface area contributed by atoms with Crippen LogP contribution >= 0.6 is 0 Å². The number of carboxylic acids is 1. The number of hydrogen-bond acceptors (Lipinski definition) is 2. The molecule has 0 bridgehead atoms. The van der Waals surface area contributed by atoms with E-state index in [4.69, 9.17) is 5.11 Å². The van der Waals surface area contributed by atoms with Crippen LogP contribution in [0.3, 0.4) is 0 Å². The minimum Gasteiger partial charge on any atom is -0.478 e. The second-order valence-corrected chi connectivity index (χ2v) is 4.12. The van der Waals surface area contributed by atoms with Gasteiger partial charge in [0.15, 0.2) is 0 Å². The highest BCUT2D eigenvalue weighted by Crippen LogP contribution is 2.24. The zero-order chi connectivity index (χ0) is 13.4. The zero-order valence-corrected chi connectivity index (χ0v) is 9.72. The fourth-order valence-corrected chi connectivity index (χ4v) is 1.97. The standard InChI is InChI=1S/C14H9FN2O2/c15-10-3-1-2-8-6-12(17-13(8)10)11-7-9(14(18)19)4-5-16-11/h1-7,17H,(H,18,19). The van der Waals surface area contributed by atoms with Gasteiger partial charge in [-0.3, -0.25) is 4.98 Å². The van der Waals surface area contributed by atoms with Crippen molar-refractivity contribution in [2.45, 2.75) is 0 Å². The highest BCUT2D eigenvalue weighted by atomic mass is 19.1. The van der Waals surface area contributed by atoms with Gasteiger partial charge in [-0.25, -0.2) is 9.18 Å². The van der Waals surface area contributed by atoms with Gasteiger partial charge in [-0.2, -0.15) is 0 Å². The Labute approximate surface area is 107 Å². The van der Waals surface area contributed by atoms with Crippen molar-refractivity contribution in [2.75, 3.05) is 0 Å². The molecule has 0 atom stereocenters. The van der Waals surface area contributed by atoms with Crippen molar-refractivity contribution in [1.82, 2.24) is 9.97 Å². The lowest BCUT2D eigenvalue weighted by atomic mass is 10.2. The summed E-state index contributed by atoms with van der Waals surface area (Å²) in [5.74, 6) is -1.37. The van der Waals surface area contributed by atoms with Crippen LogP contribution < -0.4 is 0 Å². The molecule has 19 heavy (non-hydrogen) atoms. The summed E-state index contributed by atoms with van der Waals surface area (Å²) < 4.78 is 13.6. The Morgan fingerprint density at radius 2 is 2.11 bits per heavy atom. The largest absolute Gasteiger partial charge is 0.478 e. The number of aromatic nitrogens is 2. The summed E-state index contributed by atoms with van der Waals surface area (Å²) in [6.07, 6.45) is 1.42. The van der Waals surface area contributed by atoms with Crippen molar-refractivity contribution in [3.8, 4) is 11.4 Å². The summed E-state index contributed by atoms with van der Waals surface area (Å²) in [6.45, 7) is 0. The van der Waals surface area contributed by atoms with Crippen molar-refractivity contribution in [3.63, 3.8) is 0 Å². The molecule has 1 aromatic carbocycles. The van der Waals surface area contributed by atoms with Gasteiger partial charge in [-0.15, -0.1) is 0 Å². The second-order valence-electron chi connectivity index (χ2n) is 4.12. The topological polar surface area (TPSA) is 66.0 Å². The van der Waals surface area contributed by atoms with Gasteiger partial charge in [0, 0.05) is 11.6 Å². The number of hydrogen-bond donors (Lipinski definition) is 2. The SMILES string of the molecule is O=C(O)c1ccnc(-c2cc3cccc(F)c3[nH]2)c1. The van der Waals surface area contributed by atoms with E-state index in [1.807, 2.05) is 0 Å². The number of pyridine rings is 1. The van der Waals surface area contributed by atoms with Crippen LogP contribution in [-0.4, -0.2) is 21.0 Å². The number of aromatic amines is 1. The van der Waals surface area contributed by atoms with Crippen molar-refractivity contribution < 1.29 is 14.3 Å². The van der Waals surface area contributed by atoms with Crippen molar-refractivity contribution in [3.05, 3.63) is 54.0 Å². The molecule has 0 saturated carbocycles. The maximum absolute atomic E-state index is 13.6. The maximum atomic E-state index is 13.6. The van der Waals surface area contributed by atoms with Gasteiger partial charge in [-0.05, 0) is 24.3 Å². The number of rotatable bonds is 2. The van der Waals surface area contributed by atoms with E-state index in [2.05, 4.69) is 9.97 Å². The summed E-state index contributed by atoms with van der Waals surface area (Å²) >= 11 is 0. The smallest absolute Gasteiger partial charge is 0.335 e. The average Bonchev–Trinajstić information content (AvgIpc) is 2.84. The van der Waals surface area contributed by atoms with E-state index in [1.54, 1.807) is 18.2 Å². The maximum Gasteiger partial charge on any atom is 0.335 e. The third kappa shape index (κ3) is 1.95. The lowest BCUT2D eigenvalue weighted by molar-refractivity contribution is 0.0697. The average molecular weight is 256 g/mol. The molecule has 2 aromatic heterocycles. The number of halogens is 1. The molecule has 0 aliphatic rings. The fourth-order valence-electron chi connectivity index (χ4n) is 1.97. The first-order valence-corrected chi connectivity index (χ1v) is 5.62. The number of carboxylic acid groups (broad SMARTS) is 1. The van der Waals surface area contributed by atoms with Gasteiger partial charge >= 0.3 is 5.97 Å². The lowest BCUT2D eigenvalue weighted by Gasteiger charge is -1.98. The molecule has 94 valence electrons. The Kier molecular flexibility index (Phi) is 2.52. The van der Waals surface area contributed by atoms with Crippen molar-refractivity contribution in [1.29, 1.82) is 0 Å². The van der Waals surface area contributed by atoms with Crippen molar-refractivity contribution >= 4 is 16.9 Å². The van der Waals surface area contributed by atoms with Gasteiger partial charge in [0.1, 0.15) is 5.82 Å². The van der Waals surface area contributed by atoms with E-state index in [0.29, 0.717) is 16.9 Å². The molecule has 3 aromatic rings. The molecule has 0 saturated heterocycles. The van der Waals surface area contributed by atoms with Crippen LogP contribution in [0, 0.1) is 5.82 Å². The van der Waals surface area contributed by atoms with Crippen LogP contribution in [0.25, 0.3) is 22.3 Å². The molecule has 0 fully saturated rings. The minimum atomic E-state index is -1.02. The third-order valence-electron chi connectivity index (χ3n) is 2.89. The fraction of sp³-hybridized carbons (Fsp3) is 0. The Morgan fingerprint density at radius 1 is 1.26 bits per heavy atom. The van der Waals surface area contributed by atoms with E-state index in [0.717, 1.165) is 5.39 Å². The number of nitrogens with zero attached hydrogens (tertiary/aromatic N) is 1. The molecular weight excluding hydrogens is 247 g/mol. The summed E-state index contributed by atoms with van der Waals surface area (Å²) in [5, 5.41) is 9.66. The number of carbonyl (C=O) groups is 1. The minimum absolute atomic E-state index is 0.143. The predicted molar refractivity (Wildman–Crippen MR) is 68.4 cm³/mol. The summed E-state index contributed by atoms with van der Waals surface area (Å²) in [7, 11) is 0. The Hall–Kier alpha value is -2.69. The first kappa shape index (κ1) is 11.4. The van der Waals surface area contributed by atoms with Crippen LogP contribution in [0.5, 0.6) is 0 Å². The van der Waals surface area contributed by atoms with Crippen LogP contribution in [0.4, 0.5) is 4.39 Å². The first-order valence-electron chi connectivity index (χ1n) is 5.62. The number of H-pyrrole nitrogens is 1. The molecule has 0 unspecified atom stereocenters. The van der Waals surface area contributed by atoms with Crippen molar-refractivity contribution in [2.24, 2.45) is 0 Å². The highest BCUT2D eigenvalue weighted by Gasteiger charge is 2.10. The van der Waals surface area contributed by atoms with Crippen LogP contribution in [-0.2, 0) is 0 Å². The van der Waals surface area contributed by atoms with Crippen LogP contribution in [0.15, 0.2) is 42.6 Å². The molecule has 0 aliphatic heterocycles. The summed E-state index contributed by atoms with van der Waals surface area (Å²) in [4.78, 5) is 17.9. The number of benzene rings is 1. The molecule has 0 amide bonds. The Balaban J connectivity index is 2.16. The number of aromatic carboxylic acids is 1. The monoisotopic (exact) mass is 256 g/mol. The number of fused-ring (bicyclic) bond motifs is 1. The molecule has 0 aliphatic carbocycles. The Morgan fingerprint density at radius 3 is 2.84 bits per heavy atom. The van der Waals surface area contributed by atoms with Gasteiger partial charge < -0.3 is 10.1 Å². The van der Waals surface area contributed by atoms with Crippen LogP contribution in [0.1, 0.15) is 10.4 Å². The van der Waals surface area contributed by atoms with E-state index in [-0.39, 0.29) is 11.4 Å². The van der Waals surface area contributed by atoms with Gasteiger partial charge in [0.2, 0.25) is 0 Å². The lowest BCUT2D eigenvalue weighted by Crippen LogP contribution is -1.97. The van der Waals surface area contributed by atoms with Crippen LogP contribution in [0.2, 0.25) is 0 Å². The highest BCUT2D eigenvalue weighted by molar-refractivity contribution is 5.90. The Bertz CT molecular complexity index is 780.